The summed E-state index contributed by atoms with van der Waals surface area (Å²) in [6.07, 6.45) is 0.302. The minimum atomic E-state index is -2.87. The van der Waals surface area contributed by atoms with Crippen LogP contribution in [0.15, 0.2) is 30.5 Å². The molecule has 1 aliphatic rings. The topological polar surface area (TPSA) is 152 Å². The van der Waals surface area contributed by atoms with E-state index in [-0.39, 0.29) is 11.2 Å². The number of halogens is 2. The largest absolute Gasteiger partial charge is 0.494 e. The van der Waals surface area contributed by atoms with Crippen molar-refractivity contribution in [2.24, 2.45) is 7.05 Å². The maximum atomic E-state index is 14.5. The van der Waals surface area contributed by atoms with Crippen molar-refractivity contribution in [3.05, 3.63) is 47.7 Å². The SMILES string of the molecule is COc1c(Nc2cc(Nc3cnc(C(C)(C)OC)c(C)n3)nc3c2nc(C(F)F)n3C2CCCCO2)cccc1-c1nnn(C)n1. The van der Waals surface area contributed by atoms with Gasteiger partial charge < -0.3 is 24.8 Å². The van der Waals surface area contributed by atoms with Crippen LogP contribution in [0.4, 0.5) is 31.8 Å². The van der Waals surface area contributed by atoms with E-state index >= 15 is 0 Å². The van der Waals surface area contributed by atoms with Crippen molar-refractivity contribution in [1.29, 1.82) is 0 Å². The number of ether oxygens (including phenoxy) is 3. The highest BCUT2D eigenvalue weighted by Gasteiger charge is 2.30. The lowest BCUT2D eigenvalue weighted by atomic mass is 10.0. The first-order valence-electron chi connectivity index (χ1n) is 14.8. The van der Waals surface area contributed by atoms with Gasteiger partial charge in [0.05, 0.1) is 48.7 Å². The molecule has 1 aliphatic heterocycles. The summed E-state index contributed by atoms with van der Waals surface area (Å²) in [4.78, 5) is 19.8. The summed E-state index contributed by atoms with van der Waals surface area (Å²) in [5, 5.41) is 18.9. The molecule has 4 aromatic heterocycles. The number of alkyl halides is 2. The van der Waals surface area contributed by atoms with Crippen LogP contribution in [0.5, 0.6) is 5.75 Å². The Labute approximate surface area is 263 Å². The van der Waals surface area contributed by atoms with E-state index < -0.39 is 24.1 Å². The second kappa shape index (κ2) is 12.5. The average molecular weight is 636 g/mol. The summed E-state index contributed by atoms with van der Waals surface area (Å²) < 4.78 is 47.7. The van der Waals surface area contributed by atoms with Crippen molar-refractivity contribution in [2.75, 3.05) is 31.5 Å². The number of rotatable bonds is 10. The number of fused-ring (bicyclic) bond motifs is 1. The number of anilines is 4. The number of imidazole rings is 1. The number of aryl methyl sites for hydroxylation is 2. The van der Waals surface area contributed by atoms with Gasteiger partial charge in [0.1, 0.15) is 29.0 Å². The van der Waals surface area contributed by atoms with Crippen LogP contribution in [0.3, 0.4) is 0 Å². The third-order valence-corrected chi connectivity index (χ3v) is 7.84. The molecule has 1 saturated heterocycles. The number of benzene rings is 1. The van der Waals surface area contributed by atoms with Crippen LogP contribution in [0, 0.1) is 6.92 Å². The van der Waals surface area contributed by atoms with Gasteiger partial charge in [-0.2, -0.15) is 4.80 Å². The Bertz CT molecular complexity index is 1870. The van der Waals surface area contributed by atoms with Crippen LogP contribution in [-0.4, -0.2) is 65.5 Å². The van der Waals surface area contributed by atoms with Crippen LogP contribution in [0.2, 0.25) is 0 Å². The van der Waals surface area contributed by atoms with E-state index in [1.165, 1.54) is 16.5 Å². The smallest absolute Gasteiger partial charge is 0.295 e. The summed E-state index contributed by atoms with van der Waals surface area (Å²) in [5.74, 6) is 1.09. The van der Waals surface area contributed by atoms with Gasteiger partial charge in [0.2, 0.25) is 5.82 Å². The van der Waals surface area contributed by atoms with Gasteiger partial charge in [-0.25, -0.2) is 23.7 Å². The van der Waals surface area contributed by atoms with Gasteiger partial charge in [0.15, 0.2) is 17.2 Å². The Kier molecular flexibility index (Phi) is 8.48. The molecule has 0 aliphatic carbocycles. The fraction of sp³-hybridized carbons (Fsp3) is 0.433. The molecule has 5 heterocycles. The molecule has 5 aromatic rings. The van der Waals surface area contributed by atoms with E-state index in [0.29, 0.717) is 64.6 Å². The van der Waals surface area contributed by atoms with Crippen molar-refractivity contribution in [2.45, 2.75) is 58.3 Å². The number of nitrogens with one attached hydrogen (secondary N) is 2. The Morgan fingerprint density at radius 3 is 2.54 bits per heavy atom. The molecule has 46 heavy (non-hydrogen) atoms. The molecule has 0 spiro atoms. The quantitative estimate of drug-likeness (QED) is 0.193. The number of nitrogens with zero attached hydrogens (tertiary/aromatic N) is 9. The first-order valence-corrected chi connectivity index (χ1v) is 14.8. The van der Waals surface area contributed by atoms with Gasteiger partial charge >= 0.3 is 0 Å². The van der Waals surface area contributed by atoms with E-state index in [1.807, 2.05) is 20.8 Å². The molecule has 14 nitrogen and oxygen atoms in total. The normalized spacial score (nSPS) is 15.5. The van der Waals surface area contributed by atoms with Gasteiger partial charge in [-0.05, 0) is 57.4 Å². The Hall–Kier alpha value is -4.83. The van der Waals surface area contributed by atoms with E-state index in [0.717, 1.165) is 12.8 Å². The molecular weight excluding hydrogens is 600 g/mol. The van der Waals surface area contributed by atoms with E-state index in [4.69, 9.17) is 19.2 Å². The maximum absolute atomic E-state index is 14.5. The number of aromatic nitrogens is 9. The first kappa shape index (κ1) is 31.2. The van der Waals surface area contributed by atoms with Crippen molar-refractivity contribution < 1.29 is 23.0 Å². The minimum Gasteiger partial charge on any atom is -0.494 e. The monoisotopic (exact) mass is 635 g/mol. The lowest BCUT2D eigenvalue weighted by Gasteiger charge is -2.25. The number of tetrazole rings is 1. The zero-order chi connectivity index (χ0) is 32.6. The molecule has 0 radical (unpaired) electrons. The third kappa shape index (κ3) is 5.92. The minimum absolute atomic E-state index is 0.224. The predicted octanol–water partition coefficient (Wildman–Crippen LogP) is 5.73. The van der Waals surface area contributed by atoms with Crippen LogP contribution < -0.4 is 15.4 Å². The number of para-hydroxylation sites is 1. The van der Waals surface area contributed by atoms with Crippen LogP contribution in [0.1, 0.15) is 63.0 Å². The highest BCUT2D eigenvalue weighted by Crippen LogP contribution is 2.40. The molecule has 0 bridgehead atoms. The average Bonchev–Trinajstić information content (AvgIpc) is 3.65. The molecule has 2 N–H and O–H groups in total. The predicted molar refractivity (Wildman–Crippen MR) is 165 cm³/mol. The van der Waals surface area contributed by atoms with E-state index in [2.05, 4.69) is 41.0 Å². The van der Waals surface area contributed by atoms with Crippen LogP contribution in [-0.2, 0) is 22.1 Å². The molecule has 1 atom stereocenters. The van der Waals surface area contributed by atoms with Crippen molar-refractivity contribution in [3.8, 4) is 17.1 Å². The van der Waals surface area contributed by atoms with Gasteiger partial charge in [0.25, 0.3) is 6.43 Å². The maximum Gasteiger partial charge on any atom is 0.295 e. The lowest BCUT2D eigenvalue weighted by Crippen LogP contribution is -2.23. The molecule has 16 heteroatoms. The summed E-state index contributed by atoms with van der Waals surface area (Å²) >= 11 is 0. The molecule has 0 saturated carbocycles. The fourth-order valence-corrected chi connectivity index (χ4v) is 5.53. The lowest BCUT2D eigenvalue weighted by molar-refractivity contribution is -0.0363. The summed E-state index contributed by atoms with van der Waals surface area (Å²) in [6, 6.07) is 7.07. The Morgan fingerprint density at radius 2 is 1.89 bits per heavy atom. The molecule has 1 unspecified atom stereocenters. The molecule has 1 fully saturated rings. The second-order valence-electron chi connectivity index (χ2n) is 11.3. The zero-order valence-electron chi connectivity index (χ0n) is 26.4. The number of methoxy groups -OCH3 is 2. The number of hydrogen-bond donors (Lipinski definition) is 2. The Balaban J connectivity index is 1.49. The standard InChI is InChI=1S/C30H35F2N11O3/c1-16-25(30(2,3)45-6)33-15-21(34-16)36-20-14-19(35-18-11-9-10-17(24(18)44-5)27-39-41-42(4)40-27)23-28(37-20)43(29(38-23)26(31)32)22-12-7-8-13-46-22/h9-11,14-15,22,26H,7-8,12-13H2,1-6H3,(H2,34,35,36,37). The molecule has 1 aromatic carbocycles. The van der Waals surface area contributed by atoms with Crippen LogP contribution in [0.25, 0.3) is 22.6 Å². The molecule has 0 amide bonds. The highest BCUT2D eigenvalue weighted by molar-refractivity contribution is 5.92. The Morgan fingerprint density at radius 1 is 1.07 bits per heavy atom. The zero-order valence-corrected chi connectivity index (χ0v) is 26.4. The van der Waals surface area contributed by atoms with Crippen molar-refractivity contribution in [1.82, 2.24) is 44.7 Å². The summed E-state index contributed by atoms with van der Waals surface area (Å²) in [7, 11) is 4.80. The highest BCUT2D eigenvalue weighted by atomic mass is 19.3. The van der Waals surface area contributed by atoms with Gasteiger partial charge in [-0.15, -0.1) is 10.2 Å². The van der Waals surface area contributed by atoms with E-state index in [1.54, 1.807) is 44.6 Å². The third-order valence-electron chi connectivity index (χ3n) is 7.84. The first-order chi connectivity index (χ1) is 22.1. The van der Waals surface area contributed by atoms with E-state index in [9.17, 15) is 8.78 Å². The number of hydrogen-bond acceptors (Lipinski definition) is 12. The number of pyridine rings is 1. The molecule has 242 valence electrons. The van der Waals surface area contributed by atoms with Gasteiger partial charge in [-0.1, -0.05) is 6.07 Å². The molecule has 6 rings (SSSR count). The van der Waals surface area contributed by atoms with Crippen molar-refractivity contribution in [3.63, 3.8) is 0 Å². The van der Waals surface area contributed by atoms with Gasteiger partial charge in [0, 0.05) is 19.8 Å². The van der Waals surface area contributed by atoms with Crippen molar-refractivity contribution >= 4 is 34.2 Å². The summed E-state index contributed by atoms with van der Waals surface area (Å²) in [6.45, 7) is 6.11. The summed E-state index contributed by atoms with van der Waals surface area (Å²) in [5.41, 5.74) is 2.67. The second-order valence-corrected chi connectivity index (χ2v) is 11.3. The van der Waals surface area contributed by atoms with Gasteiger partial charge in [-0.3, -0.25) is 9.55 Å². The fourth-order valence-electron chi connectivity index (χ4n) is 5.53. The van der Waals surface area contributed by atoms with Crippen LogP contribution >= 0.6 is 0 Å². The molecular formula is C30H35F2N11O3.